The lowest BCUT2D eigenvalue weighted by Crippen LogP contribution is -2.41. The summed E-state index contributed by atoms with van der Waals surface area (Å²) in [5.41, 5.74) is 1.68. The van der Waals surface area contributed by atoms with Crippen molar-refractivity contribution in [3.63, 3.8) is 0 Å². The maximum atomic E-state index is 13.1. The molecule has 5 heteroatoms. The van der Waals surface area contributed by atoms with Gasteiger partial charge in [-0.05, 0) is 42.9 Å². The van der Waals surface area contributed by atoms with Crippen LogP contribution in [-0.4, -0.2) is 64.4 Å². The minimum atomic E-state index is 0.152. The van der Waals surface area contributed by atoms with Crippen LogP contribution in [0.15, 0.2) is 36.5 Å². The van der Waals surface area contributed by atoms with Crippen LogP contribution in [0.4, 0.5) is 0 Å². The summed E-state index contributed by atoms with van der Waals surface area (Å²) in [6.45, 7) is 3.81. The number of benzene rings is 1. The third-order valence-corrected chi connectivity index (χ3v) is 6.45. The molecular formula is C20H25N3OS. The zero-order chi connectivity index (χ0) is 17.1. The van der Waals surface area contributed by atoms with E-state index in [1.807, 2.05) is 35.2 Å². The van der Waals surface area contributed by atoms with E-state index in [1.165, 1.54) is 24.3 Å². The summed E-state index contributed by atoms with van der Waals surface area (Å²) in [6, 6.07) is 10.5. The monoisotopic (exact) mass is 355 g/mol. The summed E-state index contributed by atoms with van der Waals surface area (Å²) >= 11 is 2.07. The molecule has 0 aliphatic carbocycles. The molecule has 2 aliphatic heterocycles. The summed E-state index contributed by atoms with van der Waals surface area (Å²) in [4.78, 5) is 22.2. The van der Waals surface area contributed by atoms with Gasteiger partial charge in [-0.15, -0.1) is 0 Å². The third kappa shape index (κ3) is 3.67. The van der Waals surface area contributed by atoms with E-state index in [9.17, 15) is 4.79 Å². The van der Waals surface area contributed by atoms with Crippen LogP contribution < -0.4 is 0 Å². The number of carbonyl (C=O) groups excluding carboxylic acids is 1. The number of para-hydroxylation sites is 1. The summed E-state index contributed by atoms with van der Waals surface area (Å²) in [5, 5.41) is 0.959. The van der Waals surface area contributed by atoms with Gasteiger partial charge >= 0.3 is 0 Å². The Morgan fingerprint density at radius 3 is 2.76 bits per heavy atom. The van der Waals surface area contributed by atoms with Crippen LogP contribution in [0, 0.1) is 0 Å². The first-order chi connectivity index (χ1) is 12.3. The average Bonchev–Trinajstić information content (AvgIpc) is 2.94. The second-order valence-corrected chi connectivity index (χ2v) is 8.13. The molecule has 2 saturated heterocycles. The molecule has 1 amide bonds. The second kappa shape index (κ2) is 7.75. The molecule has 0 N–H and O–H groups in total. The molecule has 2 aliphatic rings. The number of rotatable bonds is 2. The number of fused-ring (bicyclic) bond motifs is 1. The molecule has 0 bridgehead atoms. The van der Waals surface area contributed by atoms with Gasteiger partial charge in [0.25, 0.3) is 5.91 Å². The first-order valence-electron chi connectivity index (χ1n) is 9.28. The zero-order valence-electron chi connectivity index (χ0n) is 14.6. The quantitative estimate of drug-likeness (QED) is 0.828. The van der Waals surface area contributed by atoms with Crippen molar-refractivity contribution in [2.75, 3.05) is 37.7 Å². The number of pyridine rings is 1. The second-order valence-electron chi connectivity index (χ2n) is 6.90. The smallest absolute Gasteiger partial charge is 0.254 e. The van der Waals surface area contributed by atoms with Gasteiger partial charge in [-0.3, -0.25) is 14.7 Å². The Labute approximate surface area is 153 Å². The summed E-state index contributed by atoms with van der Waals surface area (Å²) in [7, 11) is 0. The van der Waals surface area contributed by atoms with E-state index >= 15 is 0 Å². The number of aromatic nitrogens is 1. The Morgan fingerprint density at radius 1 is 1.04 bits per heavy atom. The number of hydrogen-bond donors (Lipinski definition) is 0. The van der Waals surface area contributed by atoms with Crippen molar-refractivity contribution in [3.05, 3.63) is 42.1 Å². The van der Waals surface area contributed by atoms with E-state index in [0.29, 0.717) is 0 Å². The van der Waals surface area contributed by atoms with Crippen molar-refractivity contribution in [2.45, 2.75) is 25.3 Å². The molecule has 0 radical (unpaired) electrons. The Balaban J connectivity index is 1.49. The van der Waals surface area contributed by atoms with Gasteiger partial charge < -0.3 is 4.90 Å². The minimum Gasteiger partial charge on any atom is -0.337 e. The van der Waals surface area contributed by atoms with Crippen molar-refractivity contribution in [3.8, 4) is 0 Å². The van der Waals surface area contributed by atoms with Gasteiger partial charge in [-0.25, -0.2) is 0 Å². The van der Waals surface area contributed by atoms with E-state index in [-0.39, 0.29) is 5.91 Å². The SMILES string of the molecule is O=C(c1ccnc2ccccc12)N1CCCN(C2CCSCC2)CC1. The molecule has 2 aromatic rings. The van der Waals surface area contributed by atoms with Crippen LogP contribution in [-0.2, 0) is 0 Å². The fourth-order valence-corrected chi connectivity index (χ4v) is 5.09. The predicted octanol–water partition coefficient (Wildman–Crippen LogP) is 3.28. The summed E-state index contributed by atoms with van der Waals surface area (Å²) in [5.74, 6) is 2.72. The van der Waals surface area contributed by atoms with Gasteiger partial charge in [-0.2, -0.15) is 11.8 Å². The topological polar surface area (TPSA) is 36.4 Å². The van der Waals surface area contributed by atoms with Crippen LogP contribution >= 0.6 is 11.8 Å². The molecule has 2 fully saturated rings. The Kier molecular flexibility index (Phi) is 5.22. The van der Waals surface area contributed by atoms with E-state index in [0.717, 1.165) is 55.1 Å². The minimum absolute atomic E-state index is 0.152. The van der Waals surface area contributed by atoms with Crippen molar-refractivity contribution >= 4 is 28.6 Å². The molecule has 3 heterocycles. The first-order valence-corrected chi connectivity index (χ1v) is 10.4. The predicted molar refractivity (Wildman–Crippen MR) is 104 cm³/mol. The van der Waals surface area contributed by atoms with Gasteiger partial charge in [0.05, 0.1) is 11.1 Å². The molecule has 0 atom stereocenters. The highest BCUT2D eigenvalue weighted by Gasteiger charge is 2.26. The van der Waals surface area contributed by atoms with Crippen LogP contribution in [0.1, 0.15) is 29.6 Å². The van der Waals surface area contributed by atoms with Crippen LogP contribution in [0.3, 0.4) is 0 Å². The lowest BCUT2D eigenvalue weighted by Gasteiger charge is -2.33. The lowest BCUT2D eigenvalue weighted by atomic mass is 10.1. The summed E-state index contributed by atoms with van der Waals surface area (Å²) in [6.07, 6.45) is 5.42. The van der Waals surface area contributed by atoms with Gasteiger partial charge in [0, 0.05) is 43.8 Å². The summed E-state index contributed by atoms with van der Waals surface area (Å²) < 4.78 is 0. The highest BCUT2D eigenvalue weighted by atomic mass is 32.2. The standard InChI is InChI=1S/C20H25N3OS/c24-20(18-6-9-21-19-5-2-1-4-17(18)19)23-11-3-10-22(12-13-23)16-7-14-25-15-8-16/h1-2,4-6,9,16H,3,7-8,10-15H2. The molecule has 0 unspecified atom stereocenters. The number of carbonyl (C=O) groups is 1. The highest BCUT2D eigenvalue weighted by molar-refractivity contribution is 7.99. The van der Waals surface area contributed by atoms with E-state index in [4.69, 9.17) is 0 Å². The normalized spacial score (nSPS) is 20.6. The molecule has 4 rings (SSSR count). The maximum absolute atomic E-state index is 13.1. The number of nitrogens with zero attached hydrogens (tertiary/aromatic N) is 3. The van der Waals surface area contributed by atoms with Crippen molar-refractivity contribution in [1.29, 1.82) is 0 Å². The van der Waals surface area contributed by atoms with Crippen LogP contribution in [0.5, 0.6) is 0 Å². The number of hydrogen-bond acceptors (Lipinski definition) is 4. The first kappa shape index (κ1) is 16.9. The van der Waals surface area contributed by atoms with Crippen molar-refractivity contribution in [2.24, 2.45) is 0 Å². The average molecular weight is 356 g/mol. The largest absolute Gasteiger partial charge is 0.337 e. The fourth-order valence-electron chi connectivity index (χ4n) is 4.01. The number of thioether (sulfide) groups is 1. The van der Waals surface area contributed by atoms with E-state index in [2.05, 4.69) is 21.6 Å². The number of amides is 1. The highest BCUT2D eigenvalue weighted by Crippen LogP contribution is 2.24. The van der Waals surface area contributed by atoms with E-state index < -0.39 is 0 Å². The van der Waals surface area contributed by atoms with Crippen LogP contribution in [0.2, 0.25) is 0 Å². The Bertz CT molecular complexity index is 739. The molecule has 4 nitrogen and oxygen atoms in total. The molecular weight excluding hydrogens is 330 g/mol. The molecule has 25 heavy (non-hydrogen) atoms. The molecule has 1 aromatic heterocycles. The fraction of sp³-hybridized carbons (Fsp3) is 0.500. The third-order valence-electron chi connectivity index (χ3n) is 5.40. The molecule has 132 valence electrons. The van der Waals surface area contributed by atoms with Crippen LogP contribution in [0.25, 0.3) is 10.9 Å². The van der Waals surface area contributed by atoms with Crippen molar-refractivity contribution < 1.29 is 4.79 Å². The lowest BCUT2D eigenvalue weighted by molar-refractivity contribution is 0.0759. The maximum Gasteiger partial charge on any atom is 0.254 e. The molecule has 1 aromatic carbocycles. The molecule has 0 spiro atoms. The van der Waals surface area contributed by atoms with Gasteiger partial charge in [-0.1, -0.05) is 18.2 Å². The Hall–Kier alpha value is -1.59. The van der Waals surface area contributed by atoms with Gasteiger partial charge in [0.2, 0.25) is 0 Å². The Morgan fingerprint density at radius 2 is 1.88 bits per heavy atom. The van der Waals surface area contributed by atoms with Gasteiger partial charge in [0.1, 0.15) is 0 Å². The zero-order valence-corrected chi connectivity index (χ0v) is 15.4. The molecule has 0 saturated carbocycles. The van der Waals surface area contributed by atoms with Crippen molar-refractivity contribution in [1.82, 2.24) is 14.8 Å². The van der Waals surface area contributed by atoms with E-state index in [1.54, 1.807) is 6.20 Å². The van der Waals surface area contributed by atoms with Gasteiger partial charge in [0.15, 0.2) is 0 Å².